The third-order valence-corrected chi connectivity index (χ3v) is 4.83. The fourth-order valence-electron chi connectivity index (χ4n) is 3.66. The molecule has 2 rings (SSSR count). The van der Waals surface area contributed by atoms with Crippen LogP contribution in [0.25, 0.3) is 0 Å². The monoisotopic (exact) mass is 294 g/mol. The van der Waals surface area contributed by atoms with Crippen LogP contribution in [0, 0.1) is 39.4 Å². The van der Waals surface area contributed by atoms with Gasteiger partial charge < -0.3 is 4.90 Å². The van der Waals surface area contributed by atoms with E-state index in [1.165, 1.54) is 12.8 Å². The van der Waals surface area contributed by atoms with Gasteiger partial charge in [-0.3, -0.25) is 0 Å². The summed E-state index contributed by atoms with van der Waals surface area (Å²) in [6, 6.07) is 6.68. The van der Waals surface area contributed by atoms with Crippen LogP contribution in [-0.4, -0.2) is 18.0 Å². The highest BCUT2D eigenvalue weighted by molar-refractivity contribution is 5.57. The Balaban J connectivity index is 2.56. The van der Waals surface area contributed by atoms with E-state index < -0.39 is 0 Å². The van der Waals surface area contributed by atoms with E-state index in [0.717, 1.165) is 25.0 Å². The number of nitriles is 3. The highest BCUT2D eigenvalue weighted by atomic mass is 15.1. The summed E-state index contributed by atoms with van der Waals surface area (Å²) in [5.74, 6) is 0. The molecule has 0 heterocycles. The molecule has 1 saturated carbocycles. The minimum Gasteiger partial charge on any atom is -0.374 e. The van der Waals surface area contributed by atoms with Crippen LogP contribution in [0.3, 0.4) is 0 Å². The molecule has 0 aromatic carbocycles. The molecule has 0 bridgehead atoms. The largest absolute Gasteiger partial charge is 0.374 e. The summed E-state index contributed by atoms with van der Waals surface area (Å²) >= 11 is 0. The molecule has 0 amide bonds. The maximum Gasteiger partial charge on any atom is 0.134 e. The Kier molecular flexibility index (Phi) is 4.58. The van der Waals surface area contributed by atoms with Crippen LogP contribution in [0.4, 0.5) is 0 Å². The van der Waals surface area contributed by atoms with E-state index in [0.29, 0.717) is 23.6 Å². The van der Waals surface area contributed by atoms with Crippen molar-refractivity contribution in [3.63, 3.8) is 0 Å². The summed E-state index contributed by atoms with van der Waals surface area (Å²) in [7, 11) is 2.06. The van der Waals surface area contributed by atoms with Crippen molar-refractivity contribution in [1.29, 1.82) is 15.8 Å². The number of allylic oxidation sites excluding steroid dienone is 4. The summed E-state index contributed by atoms with van der Waals surface area (Å²) in [4.78, 5) is 2.23. The number of hydrogen-bond acceptors (Lipinski definition) is 4. The van der Waals surface area contributed by atoms with Crippen LogP contribution in [0.5, 0.6) is 0 Å². The molecular weight excluding hydrogens is 272 g/mol. The maximum absolute atomic E-state index is 9.65. The molecule has 0 aromatic rings. The predicted molar refractivity (Wildman–Crippen MR) is 83.9 cm³/mol. The molecule has 2 aliphatic rings. The Hall–Kier alpha value is -2.25. The van der Waals surface area contributed by atoms with E-state index in [4.69, 9.17) is 0 Å². The van der Waals surface area contributed by atoms with Gasteiger partial charge >= 0.3 is 0 Å². The molecule has 0 saturated heterocycles. The average Bonchev–Trinajstić information content (AvgIpc) is 3.00. The summed E-state index contributed by atoms with van der Waals surface area (Å²) in [5.41, 5.74) is 2.22. The number of hydrogen-bond donors (Lipinski definition) is 0. The van der Waals surface area contributed by atoms with Gasteiger partial charge in [0.2, 0.25) is 0 Å². The van der Waals surface area contributed by atoms with Crippen molar-refractivity contribution in [2.24, 2.45) is 5.41 Å². The minimum atomic E-state index is -0.0448. The second kappa shape index (κ2) is 6.25. The van der Waals surface area contributed by atoms with Crippen molar-refractivity contribution in [2.75, 3.05) is 7.05 Å². The van der Waals surface area contributed by atoms with Crippen molar-refractivity contribution in [3.8, 4) is 18.2 Å². The van der Waals surface area contributed by atoms with E-state index >= 15 is 0 Å². The SMILES string of the molecule is CN(C1=C(C#N)C(=C(C#N)C#N)CC(C)(C)C1)C1CCCC1. The first kappa shape index (κ1) is 16.1. The number of nitrogens with zero attached hydrogens (tertiary/aromatic N) is 4. The Labute approximate surface area is 132 Å². The van der Waals surface area contributed by atoms with Gasteiger partial charge in [-0.15, -0.1) is 0 Å². The molecular formula is C18H22N4. The van der Waals surface area contributed by atoms with Crippen molar-refractivity contribution in [3.05, 3.63) is 22.4 Å². The zero-order valence-corrected chi connectivity index (χ0v) is 13.6. The van der Waals surface area contributed by atoms with Gasteiger partial charge in [-0.1, -0.05) is 26.7 Å². The lowest BCUT2D eigenvalue weighted by molar-refractivity contribution is 0.243. The standard InChI is InChI=1S/C18H22N4/c1-18(2)8-15(13(10-19)11-20)16(12-21)17(9-18)22(3)14-6-4-5-7-14/h14H,4-9H2,1-3H3. The third-order valence-electron chi connectivity index (χ3n) is 4.83. The second-order valence-corrected chi connectivity index (χ2v) is 7.08. The fraction of sp³-hybridized carbons (Fsp3) is 0.611. The average molecular weight is 294 g/mol. The predicted octanol–water partition coefficient (Wildman–Crippen LogP) is 3.80. The zero-order chi connectivity index (χ0) is 16.3. The van der Waals surface area contributed by atoms with Gasteiger partial charge in [-0.05, 0) is 31.1 Å². The quantitative estimate of drug-likeness (QED) is 0.726. The van der Waals surface area contributed by atoms with Gasteiger partial charge in [-0.2, -0.15) is 15.8 Å². The van der Waals surface area contributed by atoms with Crippen LogP contribution in [0.15, 0.2) is 22.4 Å². The molecule has 2 aliphatic carbocycles. The topological polar surface area (TPSA) is 74.6 Å². The first-order chi connectivity index (χ1) is 10.4. The first-order valence-electron chi connectivity index (χ1n) is 7.83. The normalized spacial score (nSPS) is 21.0. The molecule has 4 heteroatoms. The van der Waals surface area contributed by atoms with Gasteiger partial charge in [0.25, 0.3) is 0 Å². The molecule has 0 aromatic heterocycles. The van der Waals surface area contributed by atoms with E-state index in [2.05, 4.69) is 31.9 Å². The van der Waals surface area contributed by atoms with Crippen LogP contribution >= 0.6 is 0 Å². The van der Waals surface area contributed by atoms with Crippen molar-refractivity contribution < 1.29 is 0 Å². The molecule has 114 valence electrons. The van der Waals surface area contributed by atoms with E-state index in [1.807, 2.05) is 12.1 Å². The molecule has 0 unspecified atom stereocenters. The molecule has 0 atom stereocenters. The molecule has 1 fully saturated rings. The Morgan fingerprint density at radius 1 is 1.09 bits per heavy atom. The van der Waals surface area contributed by atoms with Crippen LogP contribution < -0.4 is 0 Å². The summed E-state index contributed by atoms with van der Waals surface area (Å²) in [6.07, 6.45) is 6.20. The summed E-state index contributed by atoms with van der Waals surface area (Å²) in [5, 5.41) is 28.1. The van der Waals surface area contributed by atoms with Gasteiger partial charge in [0.05, 0.1) is 5.57 Å². The molecule has 0 spiro atoms. The van der Waals surface area contributed by atoms with Crippen LogP contribution in [0.2, 0.25) is 0 Å². The highest BCUT2D eigenvalue weighted by Gasteiger charge is 2.35. The lowest BCUT2D eigenvalue weighted by atomic mass is 9.72. The third kappa shape index (κ3) is 3.00. The molecule has 4 nitrogen and oxygen atoms in total. The second-order valence-electron chi connectivity index (χ2n) is 7.08. The van der Waals surface area contributed by atoms with Crippen molar-refractivity contribution >= 4 is 0 Å². The van der Waals surface area contributed by atoms with Crippen molar-refractivity contribution in [1.82, 2.24) is 4.90 Å². The zero-order valence-electron chi connectivity index (χ0n) is 13.6. The van der Waals surface area contributed by atoms with Crippen molar-refractivity contribution in [2.45, 2.75) is 58.4 Å². The smallest absolute Gasteiger partial charge is 0.134 e. The minimum absolute atomic E-state index is 0.0448. The summed E-state index contributed by atoms with van der Waals surface area (Å²) < 4.78 is 0. The highest BCUT2D eigenvalue weighted by Crippen LogP contribution is 2.44. The number of rotatable bonds is 2. The Morgan fingerprint density at radius 3 is 2.18 bits per heavy atom. The maximum atomic E-state index is 9.65. The van der Waals surface area contributed by atoms with E-state index in [1.54, 1.807) is 0 Å². The lowest BCUT2D eigenvalue weighted by Crippen LogP contribution is -2.34. The molecule has 0 aliphatic heterocycles. The van der Waals surface area contributed by atoms with Gasteiger partial charge in [0.1, 0.15) is 23.8 Å². The molecule has 0 N–H and O–H groups in total. The van der Waals surface area contributed by atoms with Crippen LogP contribution in [0.1, 0.15) is 52.4 Å². The van der Waals surface area contributed by atoms with Crippen LogP contribution in [-0.2, 0) is 0 Å². The Bertz CT molecular complexity index is 624. The van der Waals surface area contributed by atoms with Gasteiger partial charge in [-0.25, -0.2) is 0 Å². The van der Waals surface area contributed by atoms with Gasteiger partial charge in [0, 0.05) is 24.4 Å². The summed E-state index contributed by atoms with van der Waals surface area (Å²) in [6.45, 7) is 4.27. The molecule has 0 radical (unpaired) electrons. The molecule has 22 heavy (non-hydrogen) atoms. The van der Waals surface area contributed by atoms with E-state index in [-0.39, 0.29) is 11.0 Å². The van der Waals surface area contributed by atoms with E-state index in [9.17, 15) is 15.8 Å². The Morgan fingerprint density at radius 2 is 1.68 bits per heavy atom. The first-order valence-corrected chi connectivity index (χ1v) is 7.83. The lowest BCUT2D eigenvalue weighted by Gasteiger charge is -2.39. The fourth-order valence-corrected chi connectivity index (χ4v) is 3.66. The van der Waals surface area contributed by atoms with Gasteiger partial charge in [0.15, 0.2) is 0 Å².